The topological polar surface area (TPSA) is 101 Å². The zero-order valence-corrected chi connectivity index (χ0v) is 14.0. The number of aromatic amines is 1. The molecule has 1 aromatic heterocycles. The fraction of sp³-hybridized carbons (Fsp3) is 0. The molecule has 1 amide bonds. The number of nitro benzene ring substituents is 1. The van der Waals surface area contributed by atoms with Gasteiger partial charge in [-0.3, -0.25) is 20.0 Å². The van der Waals surface area contributed by atoms with Crippen LogP contribution in [0.1, 0.15) is 10.5 Å². The molecular weight excluding hydrogens is 367 g/mol. The van der Waals surface area contributed by atoms with Gasteiger partial charge in [0.1, 0.15) is 5.69 Å². The highest BCUT2D eigenvalue weighted by Gasteiger charge is 2.13. The van der Waals surface area contributed by atoms with Crippen LogP contribution in [0.15, 0.2) is 48.5 Å². The maximum Gasteiger partial charge on any atom is 0.273 e. The zero-order valence-electron chi connectivity index (χ0n) is 12.5. The summed E-state index contributed by atoms with van der Waals surface area (Å²) in [6, 6.07) is 12.1. The molecule has 0 saturated carbocycles. The molecule has 0 aliphatic carbocycles. The summed E-state index contributed by atoms with van der Waals surface area (Å²) < 4.78 is 0. The number of carbonyl (C=O) groups is 1. The van der Waals surface area contributed by atoms with Crippen LogP contribution in [0.2, 0.25) is 10.0 Å². The lowest BCUT2D eigenvalue weighted by Crippen LogP contribution is -2.12. The number of nitro groups is 1. The minimum Gasteiger partial charge on any atom is -0.321 e. The van der Waals surface area contributed by atoms with Crippen molar-refractivity contribution in [3.8, 4) is 11.3 Å². The van der Waals surface area contributed by atoms with Crippen LogP contribution >= 0.6 is 23.2 Å². The van der Waals surface area contributed by atoms with Gasteiger partial charge in [-0.05, 0) is 30.3 Å². The summed E-state index contributed by atoms with van der Waals surface area (Å²) in [5, 5.41) is 20.8. The molecule has 0 unspecified atom stereocenters. The standard InChI is InChI=1S/C16H10Cl2N4O3/c17-12-6-1-9(7-13(12)18)14-8-15(21-20-14)16(23)19-10-2-4-11(5-3-10)22(24)25/h1-8H,(H,19,23)(H,20,21). The van der Waals surface area contributed by atoms with Gasteiger partial charge in [0.05, 0.1) is 20.7 Å². The molecule has 9 heteroatoms. The largest absolute Gasteiger partial charge is 0.321 e. The van der Waals surface area contributed by atoms with Gasteiger partial charge in [-0.15, -0.1) is 0 Å². The molecule has 2 aromatic carbocycles. The Labute approximate surface area is 151 Å². The number of nitrogens with one attached hydrogen (secondary N) is 2. The van der Waals surface area contributed by atoms with E-state index in [9.17, 15) is 14.9 Å². The van der Waals surface area contributed by atoms with Crippen molar-refractivity contribution in [2.75, 3.05) is 5.32 Å². The summed E-state index contributed by atoms with van der Waals surface area (Å²) in [5.74, 6) is -0.423. The Bertz CT molecular complexity index is 954. The second kappa shape index (κ2) is 6.92. The molecule has 7 nitrogen and oxygen atoms in total. The lowest BCUT2D eigenvalue weighted by Gasteiger charge is -2.02. The van der Waals surface area contributed by atoms with Gasteiger partial charge < -0.3 is 5.32 Å². The first-order chi connectivity index (χ1) is 11.9. The summed E-state index contributed by atoms with van der Waals surface area (Å²) in [6.45, 7) is 0. The van der Waals surface area contributed by atoms with Crippen molar-refractivity contribution in [2.45, 2.75) is 0 Å². The Morgan fingerprint density at radius 3 is 2.44 bits per heavy atom. The predicted molar refractivity (Wildman–Crippen MR) is 95.1 cm³/mol. The van der Waals surface area contributed by atoms with Crippen molar-refractivity contribution >= 4 is 40.5 Å². The number of anilines is 1. The van der Waals surface area contributed by atoms with Crippen molar-refractivity contribution < 1.29 is 9.72 Å². The third-order valence-electron chi connectivity index (χ3n) is 3.37. The van der Waals surface area contributed by atoms with Crippen LogP contribution in [0.3, 0.4) is 0 Å². The van der Waals surface area contributed by atoms with E-state index in [0.29, 0.717) is 27.0 Å². The van der Waals surface area contributed by atoms with Gasteiger partial charge in [-0.25, -0.2) is 0 Å². The van der Waals surface area contributed by atoms with Crippen LogP contribution in [-0.4, -0.2) is 21.0 Å². The minimum absolute atomic E-state index is 0.0542. The number of non-ortho nitro benzene ring substituents is 1. The second-order valence-electron chi connectivity index (χ2n) is 5.05. The van der Waals surface area contributed by atoms with E-state index in [0.717, 1.165) is 0 Å². The SMILES string of the molecule is O=C(Nc1ccc([N+](=O)[O-])cc1)c1cc(-c2ccc(Cl)c(Cl)c2)n[nH]1. The van der Waals surface area contributed by atoms with E-state index >= 15 is 0 Å². The van der Waals surface area contributed by atoms with E-state index in [1.165, 1.54) is 24.3 Å². The van der Waals surface area contributed by atoms with Gasteiger partial charge in [-0.1, -0.05) is 29.3 Å². The third kappa shape index (κ3) is 3.78. The number of aromatic nitrogens is 2. The van der Waals surface area contributed by atoms with Crippen LogP contribution in [0.5, 0.6) is 0 Å². The van der Waals surface area contributed by atoms with Gasteiger partial charge >= 0.3 is 0 Å². The average molecular weight is 377 g/mol. The smallest absolute Gasteiger partial charge is 0.273 e. The lowest BCUT2D eigenvalue weighted by atomic mass is 10.1. The number of H-pyrrole nitrogens is 1. The maximum atomic E-state index is 12.2. The molecule has 1 heterocycles. The monoisotopic (exact) mass is 376 g/mol. The molecule has 0 spiro atoms. The molecule has 25 heavy (non-hydrogen) atoms. The second-order valence-corrected chi connectivity index (χ2v) is 5.87. The number of hydrogen-bond donors (Lipinski definition) is 2. The lowest BCUT2D eigenvalue weighted by molar-refractivity contribution is -0.384. The number of hydrogen-bond acceptors (Lipinski definition) is 4. The predicted octanol–water partition coefficient (Wildman–Crippen LogP) is 4.54. The molecule has 3 rings (SSSR count). The molecule has 3 aromatic rings. The first kappa shape index (κ1) is 16.9. The van der Waals surface area contributed by atoms with Crippen LogP contribution in [-0.2, 0) is 0 Å². The molecule has 0 fully saturated rings. The molecule has 0 atom stereocenters. The summed E-state index contributed by atoms with van der Waals surface area (Å²) in [4.78, 5) is 22.4. The van der Waals surface area contributed by atoms with E-state index in [2.05, 4.69) is 15.5 Å². The minimum atomic E-state index is -0.510. The zero-order chi connectivity index (χ0) is 18.0. The van der Waals surface area contributed by atoms with Crippen molar-refractivity contribution in [2.24, 2.45) is 0 Å². The highest BCUT2D eigenvalue weighted by Crippen LogP contribution is 2.28. The molecule has 0 aliphatic heterocycles. The number of rotatable bonds is 4. The summed E-state index contributed by atoms with van der Waals surface area (Å²) >= 11 is 11.9. The molecule has 0 aliphatic rings. The van der Waals surface area contributed by atoms with Crippen LogP contribution in [0.4, 0.5) is 11.4 Å². The molecule has 0 radical (unpaired) electrons. The van der Waals surface area contributed by atoms with Crippen molar-refractivity contribution in [1.29, 1.82) is 0 Å². The quantitative estimate of drug-likeness (QED) is 0.515. The fourth-order valence-electron chi connectivity index (χ4n) is 2.11. The van der Waals surface area contributed by atoms with Crippen molar-refractivity contribution in [3.05, 3.63) is 74.4 Å². The van der Waals surface area contributed by atoms with Crippen molar-refractivity contribution in [3.63, 3.8) is 0 Å². The maximum absolute atomic E-state index is 12.2. The van der Waals surface area contributed by atoms with E-state index in [1.54, 1.807) is 24.3 Å². The van der Waals surface area contributed by atoms with Gasteiger partial charge in [-0.2, -0.15) is 5.10 Å². The Morgan fingerprint density at radius 1 is 1.08 bits per heavy atom. The van der Waals surface area contributed by atoms with Gasteiger partial charge in [0.25, 0.3) is 11.6 Å². The number of halogens is 2. The summed E-state index contributed by atoms with van der Waals surface area (Å²) in [6.07, 6.45) is 0. The normalized spacial score (nSPS) is 10.5. The van der Waals surface area contributed by atoms with E-state index in [4.69, 9.17) is 23.2 Å². The van der Waals surface area contributed by atoms with Crippen molar-refractivity contribution in [1.82, 2.24) is 10.2 Å². The highest BCUT2D eigenvalue weighted by molar-refractivity contribution is 6.42. The van der Waals surface area contributed by atoms with Crippen LogP contribution in [0.25, 0.3) is 11.3 Å². The van der Waals surface area contributed by atoms with Gasteiger partial charge in [0.2, 0.25) is 0 Å². The number of nitrogens with zero attached hydrogens (tertiary/aromatic N) is 2. The van der Waals surface area contributed by atoms with E-state index in [1.807, 2.05) is 0 Å². The molecule has 126 valence electrons. The summed E-state index contributed by atoms with van der Waals surface area (Å²) in [7, 11) is 0. The first-order valence-electron chi connectivity index (χ1n) is 7.00. The number of amides is 1. The van der Waals surface area contributed by atoms with Gasteiger partial charge in [0, 0.05) is 23.4 Å². The fourth-order valence-corrected chi connectivity index (χ4v) is 2.40. The number of carbonyl (C=O) groups excluding carboxylic acids is 1. The van der Waals surface area contributed by atoms with Crippen LogP contribution < -0.4 is 5.32 Å². The first-order valence-corrected chi connectivity index (χ1v) is 7.76. The number of benzene rings is 2. The average Bonchev–Trinajstić information content (AvgIpc) is 3.08. The Kier molecular flexibility index (Phi) is 4.69. The Hall–Kier alpha value is -2.90. The van der Waals surface area contributed by atoms with E-state index in [-0.39, 0.29) is 11.4 Å². The van der Waals surface area contributed by atoms with Gasteiger partial charge in [0.15, 0.2) is 0 Å². The van der Waals surface area contributed by atoms with Crippen LogP contribution in [0, 0.1) is 10.1 Å². The Balaban J connectivity index is 1.76. The summed E-state index contributed by atoms with van der Waals surface area (Å²) in [5.41, 5.74) is 1.86. The molecule has 2 N–H and O–H groups in total. The third-order valence-corrected chi connectivity index (χ3v) is 4.11. The van der Waals surface area contributed by atoms with E-state index < -0.39 is 10.8 Å². The molecule has 0 saturated heterocycles. The molecular formula is C16H10Cl2N4O3. The Morgan fingerprint density at radius 2 is 1.80 bits per heavy atom. The molecule has 0 bridgehead atoms. The highest BCUT2D eigenvalue weighted by atomic mass is 35.5.